The number of nitrogens with one attached hydrogen (secondary N) is 1. The van der Waals surface area contributed by atoms with Gasteiger partial charge in [0.25, 0.3) is 0 Å². The van der Waals surface area contributed by atoms with E-state index < -0.39 is 0 Å². The van der Waals surface area contributed by atoms with Crippen LogP contribution in [0.15, 0.2) is 33.5 Å². The second kappa shape index (κ2) is 6.78. The number of amides is 1. The first-order valence-corrected chi connectivity index (χ1v) is 8.93. The van der Waals surface area contributed by atoms with Gasteiger partial charge in [-0.3, -0.25) is 9.36 Å². The molecule has 1 amide bonds. The highest BCUT2D eigenvalue weighted by Gasteiger charge is 2.29. The molecule has 1 aromatic carbocycles. The first-order valence-electron chi connectivity index (χ1n) is 8.93. The number of benzene rings is 1. The zero-order valence-electron chi connectivity index (χ0n) is 14.6. The molecule has 4 rings (SSSR count). The number of rotatable bonds is 4. The minimum absolute atomic E-state index is 0.0119. The second-order valence-electron chi connectivity index (χ2n) is 6.56. The Balaban J connectivity index is 1.48. The highest BCUT2D eigenvalue weighted by Crippen LogP contribution is 2.25. The van der Waals surface area contributed by atoms with E-state index in [0.29, 0.717) is 31.1 Å². The van der Waals surface area contributed by atoms with Gasteiger partial charge in [0.2, 0.25) is 11.8 Å². The normalized spacial score (nSPS) is 17.7. The van der Waals surface area contributed by atoms with Gasteiger partial charge in [-0.15, -0.1) is 0 Å². The van der Waals surface area contributed by atoms with Crippen molar-refractivity contribution in [3.05, 3.63) is 46.5 Å². The monoisotopic (exact) mass is 355 g/mol. The molecule has 0 radical (unpaired) electrons. The van der Waals surface area contributed by atoms with Crippen LogP contribution in [-0.2, 0) is 17.8 Å². The van der Waals surface area contributed by atoms with E-state index in [2.05, 4.69) is 15.2 Å². The SMILES string of the molecule is CCn1c([C@@H]2CCCN(C(=O)Cc3nc4ccccc4o3)C2)n[nH]c1=O. The van der Waals surface area contributed by atoms with Gasteiger partial charge in [0.1, 0.15) is 17.8 Å². The number of likely N-dealkylation sites (tertiary alicyclic amines) is 1. The van der Waals surface area contributed by atoms with Crippen LogP contribution in [0.1, 0.15) is 37.4 Å². The fourth-order valence-electron chi connectivity index (χ4n) is 3.60. The maximum absolute atomic E-state index is 12.7. The first kappa shape index (κ1) is 16.6. The summed E-state index contributed by atoms with van der Waals surface area (Å²) in [5.74, 6) is 1.22. The van der Waals surface area contributed by atoms with Crippen molar-refractivity contribution in [1.82, 2.24) is 24.6 Å². The Hall–Kier alpha value is -2.90. The number of hydrogen-bond donors (Lipinski definition) is 1. The quantitative estimate of drug-likeness (QED) is 0.768. The molecule has 8 heteroatoms. The van der Waals surface area contributed by atoms with E-state index in [9.17, 15) is 9.59 Å². The molecule has 1 aliphatic heterocycles. The fourth-order valence-corrected chi connectivity index (χ4v) is 3.60. The topological polar surface area (TPSA) is 97.0 Å². The van der Waals surface area contributed by atoms with Crippen molar-refractivity contribution < 1.29 is 9.21 Å². The van der Waals surface area contributed by atoms with Crippen molar-refractivity contribution in [2.45, 2.75) is 38.6 Å². The lowest BCUT2D eigenvalue weighted by atomic mass is 9.97. The van der Waals surface area contributed by atoms with Gasteiger partial charge in [-0.25, -0.2) is 14.9 Å². The Morgan fingerprint density at radius 1 is 1.38 bits per heavy atom. The molecule has 0 bridgehead atoms. The first-order chi connectivity index (χ1) is 12.7. The third-order valence-electron chi connectivity index (χ3n) is 4.88. The number of nitrogens with zero attached hydrogens (tertiary/aromatic N) is 4. The van der Waals surface area contributed by atoms with Gasteiger partial charge in [-0.2, -0.15) is 5.10 Å². The summed E-state index contributed by atoms with van der Waals surface area (Å²) >= 11 is 0. The largest absolute Gasteiger partial charge is 0.440 e. The van der Waals surface area contributed by atoms with E-state index in [4.69, 9.17) is 4.42 Å². The van der Waals surface area contributed by atoms with Crippen molar-refractivity contribution in [2.24, 2.45) is 0 Å². The number of hydrogen-bond acceptors (Lipinski definition) is 5. The van der Waals surface area contributed by atoms with Crippen LogP contribution < -0.4 is 5.69 Å². The molecule has 1 fully saturated rings. The van der Waals surface area contributed by atoms with E-state index in [1.165, 1.54) is 0 Å². The molecule has 0 saturated carbocycles. The second-order valence-corrected chi connectivity index (χ2v) is 6.56. The average Bonchev–Trinajstić information content (AvgIpc) is 3.24. The maximum Gasteiger partial charge on any atom is 0.343 e. The third kappa shape index (κ3) is 3.02. The number of para-hydroxylation sites is 2. The Bertz CT molecular complexity index is 953. The standard InChI is InChI=1S/C18H21N5O3/c1-2-23-17(20-21-18(23)25)12-6-5-9-22(11-12)16(24)10-15-19-13-7-3-4-8-14(13)26-15/h3-4,7-8,12H,2,5-6,9-11H2,1H3,(H,21,25)/t12-/m1/s1. The Morgan fingerprint density at radius 2 is 2.23 bits per heavy atom. The number of aromatic nitrogens is 4. The molecule has 3 heterocycles. The lowest BCUT2D eigenvalue weighted by Crippen LogP contribution is -2.40. The summed E-state index contributed by atoms with van der Waals surface area (Å²) in [5.41, 5.74) is 1.25. The zero-order valence-corrected chi connectivity index (χ0v) is 14.6. The van der Waals surface area contributed by atoms with E-state index in [1.807, 2.05) is 36.1 Å². The van der Waals surface area contributed by atoms with Crippen LogP contribution in [0.3, 0.4) is 0 Å². The van der Waals surface area contributed by atoms with Crippen LogP contribution in [0.25, 0.3) is 11.1 Å². The third-order valence-corrected chi connectivity index (χ3v) is 4.88. The van der Waals surface area contributed by atoms with Crippen LogP contribution in [-0.4, -0.2) is 43.6 Å². The Morgan fingerprint density at radius 3 is 3.04 bits per heavy atom. The predicted molar refractivity (Wildman–Crippen MR) is 94.8 cm³/mol. The zero-order chi connectivity index (χ0) is 18.1. The summed E-state index contributed by atoms with van der Waals surface area (Å²) in [5, 5.41) is 6.69. The average molecular weight is 355 g/mol. The van der Waals surface area contributed by atoms with Crippen LogP contribution in [0.2, 0.25) is 0 Å². The summed E-state index contributed by atoms with van der Waals surface area (Å²) in [4.78, 5) is 30.7. The molecule has 26 heavy (non-hydrogen) atoms. The van der Waals surface area contributed by atoms with E-state index in [1.54, 1.807) is 4.57 Å². The number of H-pyrrole nitrogens is 1. The van der Waals surface area contributed by atoms with Crippen molar-refractivity contribution in [1.29, 1.82) is 0 Å². The summed E-state index contributed by atoms with van der Waals surface area (Å²) in [7, 11) is 0. The summed E-state index contributed by atoms with van der Waals surface area (Å²) in [6, 6.07) is 7.48. The minimum atomic E-state index is -0.197. The fraction of sp³-hybridized carbons (Fsp3) is 0.444. The highest BCUT2D eigenvalue weighted by atomic mass is 16.3. The Kier molecular flexibility index (Phi) is 4.32. The minimum Gasteiger partial charge on any atom is -0.440 e. The molecule has 0 spiro atoms. The summed E-state index contributed by atoms with van der Waals surface area (Å²) in [6.45, 7) is 3.75. The number of carbonyl (C=O) groups is 1. The van der Waals surface area contributed by atoms with E-state index in [0.717, 1.165) is 24.2 Å². The van der Waals surface area contributed by atoms with Gasteiger partial charge in [-0.1, -0.05) is 12.1 Å². The molecule has 2 aromatic heterocycles. The molecule has 1 N–H and O–H groups in total. The molecule has 136 valence electrons. The lowest BCUT2D eigenvalue weighted by Gasteiger charge is -2.32. The van der Waals surface area contributed by atoms with Gasteiger partial charge in [0.15, 0.2) is 5.58 Å². The van der Waals surface area contributed by atoms with Crippen molar-refractivity contribution in [3.63, 3.8) is 0 Å². The number of piperidine rings is 1. The lowest BCUT2D eigenvalue weighted by molar-refractivity contribution is -0.132. The van der Waals surface area contributed by atoms with Crippen LogP contribution in [0.4, 0.5) is 0 Å². The van der Waals surface area contributed by atoms with Gasteiger partial charge < -0.3 is 9.32 Å². The van der Waals surface area contributed by atoms with Gasteiger partial charge in [0.05, 0.1) is 0 Å². The number of fused-ring (bicyclic) bond motifs is 1. The van der Waals surface area contributed by atoms with Crippen LogP contribution >= 0.6 is 0 Å². The molecule has 1 saturated heterocycles. The molecular formula is C18H21N5O3. The van der Waals surface area contributed by atoms with Crippen molar-refractivity contribution in [2.75, 3.05) is 13.1 Å². The number of oxazole rings is 1. The van der Waals surface area contributed by atoms with Crippen LogP contribution in [0.5, 0.6) is 0 Å². The summed E-state index contributed by atoms with van der Waals surface area (Å²) in [6.07, 6.45) is 1.94. The van der Waals surface area contributed by atoms with Gasteiger partial charge >= 0.3 is 5.69 Å². The molecule has 3 aromatic rings. The van der Waals surface area contributed by atoms with E-state index >= 15 is 0 Å². The van der Waals surface area contributed by atoms with E-state index in [-0.39, 0.29) is 23.9 Å². The Labute approximate surface area is 149 Å². The molecule has 0 unspecified atom stereocenters. The number of carbonyl (C=O) groups excluding carboxylic acids is 1. The predicted octanol–water partition coefficient (Wildman–Crippen LogP) is 1.68. The maximum atomic E-state index is 12.7. The summed E-state index contributed by atoms with van der Waals surface area (Å²) < 4.78 is 7.30. The molecule has 0 aliphatic carbocycles. The van der Waals surface area contributed by atoms with Crippen molar-refractivity contribution >= 4 is 17.0 Å². The van der Waals surface area contributed by atoms with Crippen molar-refractivity contribution in [3.8, 4) is 0 Å². The molecule has 8 nitrogen and oxygen atoms in total. The van der Waals surface area contributed by atoms with Crippen LogP contribution in [0, 0.1) is 0 Å². The van der Waals surface area contributed by atoms with Gasteiger partial charge in [-0.05, 0) is 31.9 Å². The molecule has 1 atom stereocenters. The molecule has 1 aliphatic rings. The van der Waals surface area contributed by atoms with Gasteiger partial charge in [0, 0.05) is 25.6 Å². The smallest absolute Gasteiger partial charge is 0.343 e. The highest BCUT2D eigenvalue weighted by molar-refractivity contribution is 5.79. The molecular weight excluding hydrogens is 334 g/mol. The number of aromatic amines is 1.